The molecule has 0 spiro atoms. The van der Waals surface area contributed by atoms with Gasteiger partial charge in [0.1, 0.15) is 17.9 Å². The lowest BCUT2D eigenvalue weighted by Crippen LogP contribution is -2.48. The van der Waals surface area contributed by atoms with Crippen LogP contribution in [0.15, 0.2) is 18.2 Å². The normalized spacial score (nSPS) is 17.0. The van der Waals surface area contributed by atoms with Gasteiger partial charge in [0.25, 0.3) is 0 Å². The van der Waals surface area contributed by atoms with Crippen LogP contribution < -0.4 is 9.64 Å². The Bertz CT molecular complexity index is 494. The highest BCUT2D eigenvalue weighted by molar-refractivity contribution is 5.76. The highest BCUT2D eigenvalue weighted by Gasteiger charge is 2.32. The second-order valence-electron chi connectivity index (χ2n) is 5.99. The van der Waals surface area contributed by atoms with Crippen molar-refractivity contribution < 1.29 is 14.6 Å². The predicted molar refractivity (Wildman–Crippen MR) is 75.1 cm³/mol. The Kier molecular flexibility index (Phi) is 3.43. The summed E-state index contributed by atoms with van der Waals surface area (Å²) in [6.07, 6.45) is 0. The Labute approximate surface area is 114 Å². The van der Waals surface area contributed by atoms with Gasteiger partial charge in [0, 0.05) is 0 Å². The third-order valence-corrected chi connectivity index (χ3v) is 3.27. The van der Waals surface area contributed by atoms with Crippen molar-refractivity contribution in [1.82, 2.24) is 0 Å². The van der Waals surface area contributed by atoms with Gasteiger partial charge >= 0.3 is 5.97 Å². The van der Waals surface area contributed by atoms with E-state index in [1.807, 2.05) is 36.9 Å². The maximum Gasteiger partial charge on any atom is 0.323 e. The molecule has 0 saturated heterocycles. The summed E-state index contributed by atoms with van der Waals surface area (Å²) in [6.45, 7) is 8.77. The average molecular weight is 263 g/mol. The van der Waals surface area contributed by atoms with Gasteiger partial charge in [0.15, 0.2) is 0 Å². The summed E-state index contributed by atoms with van der Waals surface area (Å²) in [6, 6.07) is 6.03. The van der Waals surface area contributed by atoms with E-state index in [0.29, 0.717) is 12.5 Å². The number of ether oxygens (including phenoxy) is 1. The van der Waals surface area contributed by atoms with Crippen LogP contribution in [0.3, 0.4) is 0 Å². The highest BCUT2D eigenvalue weighted by Crippen LogP contribution is 2.38. The maximum atomic E-state index is 11.0. The van der Waals surface area contributed by atoms with Crippen LogP contribution in [0.5, 0.6) is 5.75 Å². The Morgan fingerprint density at radius 3 is 2.74 bits per heavy atom. The number of hydrogen-bond donors (Lipinski definition) is 1. The molecule has 1 aromatic carbocycles. The van der Waals surface area contributed by atoms with Gasteiger partial charge < -0.3 is 14.7 Å². The molecule has 4 heteroatoms. The van der Waals surface area contributed by atoms with Crippen molar-refractivity contribution in [2.24, 2.45) is 0 Å². The summed E-state index contributed by atoms with van der Waals surface area (Å²) in [5.41, 5.74) is 1.70. The van der Waals surface area contributed by atoms with Crippen LogP contribution in [-0.2, 0) is 4.79 Å². The molecule has 0 amide bonds. The second-order valence-corrected chi connectivity index (χ2v) is 5.99. The van der Waals surface area contributed by atoms with Gasteiger partial charge in [-0.15, -0.1) is 0 Å². The first-order chi connectivity index (χ1) is 8.78. The zero-order valence-electron chi connectivity index (χ0n) is 11.9. The van der Waals surface area contributed by atoms with Crippen molar-refractivity contribution in [3.8, 4) is 5.75 Å². The number of carbonyl (C=O) groups is 1. The molecule has 2 rings (SSSR count). The van der Waals surface area contributed by atoms with Crippen LogP contribution in [0.25, 0.3) is 0 Å². The van der Waals surface area contributed by atoms with Gasteiger partial charge in [-0.3, -0.25) is 4.79 Å². The Morgan fingerprint density at radius 2 is 2.16 bits per heavy atom. The fraction of sp³-hybridized carbons (Fsp3) is 0.533. The van der Waals surface area contributed by atoms with Crippen molar-refractivity contribution in [2.45, 2.75) is 39.2 Å². The minimum absolute atomic E-state index is 0.00133. The van der Waals surface area contributed by atoms with Crippen LogP contribution in [0.2, 0.25) is 0 Å². The molecule has 0 unspecified atom stereocenters. The standard InChI is InChI=1S/C15H21NO3/c1-10(2)11-5-6-13-12(7-11)16(8-14(17)18)9-15(3,4)19-13/h5-7,10H,8-9H2,1-4H3,(H,17,18). The van der Waals surface area contributed by atoms with Crippen molar-refractivity contribution in [2.75, 3.05) is 18.0 Å². The fourth-order valence-corrected chi connectivity index (χ4v) is 2.41. The molecule has 0 atom stereocenters. The molecule has 19 heavy (non-hydrogen) atoms. The van der Waals surface area contributed by atoms with E-state index in [1.54, 1.807) is 0 Å². The molecule has 0 radical (unpaired) electrons. The first-order valence-electron chi connectivity index (χ1n) is 6.58. The Morgan fingerprint density at radius 1 is 1.47 bits per heavy atom. The zero-order valence-corrected chi connectivity index (χ0v) is 11.9. The van der Waals surface area contributed by atoms with Crippen LogP contribution in [0.4, 0.5) is 5.69 Å². The smallest absolute Gasteiger partial charge is 0.323 e. The molecule has 1 aromatic rings. The summed E-state index contributed by atoms with van der Waals surface area (Å²) >= 11 is 0. The summed E-state index contributed by atoms with van der Waals surface area (Å²) in [4.78, 5) is 12.9. The largest absolute Gasteiger partial charge is 0.484 e. The van der Waals surface area contributed by atoms with Crippen molar-refractivity contribution in [1.29, 1.82) is 0 Å². The molecular weight excluding hydrogens is 242 g/mol. The number of benzene rings is 1. The van der Waals surface area contributed by atoms with E-state index in [0.717, 1.165) is 11.4 Å². The van der Waals surface area contributed by atoms with Gasteiger partial charge in [-0.1, -0.05) is 19.9 Å². The van der Waals surface area contributed by atoms with Crippen molar-refractivity contribution in [3.63, 3.8) is 0 Å². The Hall–Kier alpha value is -1.71. The van der Waals surface area contributed by atoms with Crippen molar-refractivity contribution >= 4 is 11.7 Å². The first kappa shape index (κ1) is 13.7. The SMILES string of the molecule is CC(C)c1ccc2c(c1)N(CC(=O)O)CC(C)(C)O2. The quantitative estimate of drug-likeness (QED) is 0.911. The third kappa shape index (κ3) is 3.00. The zero-order chi connectivity index (χ0) is 14.2. The predicted octanol–water partition coefficient (Wildman–Crippen LogP) is 2.87. The number of carboxylic acids is 1. The lowest BCUT2D eigenvalue weighted by atomic mass is 9.99. The van der Waals surface area contributed by atoms with Gasteiger partial charge in [-0.05, 0) is 37.5 Å². The molecular formula is C15H21NO3. The summed E-state index contributed by atoms with van der Waals surface area (Å²) in [5.74, 6) is 0.354. The lowest BCUT2D eigenvalue weighted by molar-refractivity contribution is -0.135. The average Bonchev–Trinajstić information content (AvgIpc) is 2.25. The first-order valence-corrected chi connectivity index (χ1v) is 6.58. The van der Waals surface area contributed by atoms with E-state index in [1.165, 1.54) is 5.56 Å². The number of carboxylic acid groups (broad SMARTS) is 1. The third-order valence-electron chi connectivity index (χ3n) is 3.27. The highest BCUT2D eigenvalue weighted by atomic mass is 16.5. The van der Waals surface area contributed by atoms with E-state index >= 15 is 0 Å². The molecule has 0 bridgehead atoms. The van der Waals surface area contributed by atoms with E-state index in [9.17, 15) is 4.79 Å². The van der Waals surface area contributed by atoms with Gasteiger partial charge in [0.05, 0.1) is 12.2 Å². The summed E-state index contributed by atoms with van der Waals surface area (Å²) in [5, 5.41) is 9.06. The van der Waals surface area contributed by atoms with E-state index < -0.39 is 5.97 Å². The van der Waals surface area contributed by atoms with Crippen LogP contribution in [0.1, 0.15) is 39.2 Å². The summed E-state index contributed by atoms with van der Waals surface area (Å²) < 4.78 is 5.93. The lowest BCUT2D eigenvalue weighted by Gasteiger charge is -2.40. The fourth-order valence-electron chi connectivity index (χ4n) is 2.41. The molecule has 0 aliphatic carbocycles. The summed E-state index contributed by atoms with van der Waals surface area (Å²) in [7, 11) is 0. The van der Waals surface area contributed by atoms with E-state index in [-0.39, 0.29) is 12.1 Å². The van der Waals surface area contributed by atoms with Crippen LogP contribution >= 0.6 is 0 Å². The molecule has 104 valence electrons. The number of rotatable bonds is 3. The van der Waals surface area contributed by atoms with Crippen LogP contribution in [-0.4, -0.2) is 29.8 Å². The van der Waals surface area contributed by atoms with Crippen LogP contribution in [0, 0.1) is 0 Å². The second kappa shape index (κ2) is 4.76. The number of nitrogens with zero attached hydrogens (tertiary/aromatic N) is 1. The van der Waals surface area contributed by atoms with E-state index in [4.69, 9.17) is 9.84 Å². The molecule has 0 fully saturated rings. The number of aliphatic carboxylic acids is 1. The van der Waals surface area contributed by atoms with Gasteiger partial charge in [0.2, 0.25) is 0 Å². The number of fused-ring (bicyclic) bond motifs is 1. The Balaban J connectivity index is 2.42. The van der Waals surface area contributed by atoms with E-state index in [2.05, 4.69) is 13.8 Å². The van der Waals surface area contributed by atoms with Gasteiger partial charge in [-0.25, -0.2) is 0 Å². The van der Waals surface area contributed by atoms with Crippen molar-refractivity contribution in [3.05, 3.63) is 23.8 Å². The molecule has 1 aliphatic rings. The maximum absolute atomic E-state index is 11.0. The molecule has 1 N–H and O–H groups in total. The molecule has 0 aromatic heterocycles. The number of anilines is 1. The molecule has 0 saturated carbocycles. The minimum Gasteiger partial charge on any atom is -0.484 e. The molecule has 1 heterocycles. The monoisotopic (exact) mass is 263 g/mol. The minimum atomic E-state index is -0.821. The van der Waals surface area contributed by atoms with Gasteiger partial charge in [-0.2, -0.15) is 0 Å². The molecule has 4 nitrogen and oxygen atoms in total. The molecule has 1 aliphatic heterocycles. The topological polar surface area (TPSA) is 49.8 Å². The number of hydrogen-bond acceptors (Lipinski definition) is 3.